The lowest BCUT2D eigenvalue weighted by Crippen LogP contribution is -2.43. The summed E-state index contributed by atoms with van der Waals surface area (Å²) in [7, 11) is 0. The molecule has 0 saturated carbocycles. The van der Waals surface area contributed by atoms with Crippen molar-refractivity contribution in [3.63, 3.8) is 0 Å². The molecule has 1 aromatic carbocycles. The molecule has 1 heterocycles. The predicted molar refractivity (Wildman–Crippen MR) is 80.6 cm³/mol. The molecule has 4 nitrogen and oxygen atoms in total. The lowest BCUT2D eigenvalue weighted by molar-refractivity contribution is 0.0117. The lowest BCUT2D eigenvalue weighted by Gasteiger charge is -2.31. The highest BCUT2D eigenvalue weighted by atomic mass is 32.2. The number of rotatable bonds is 2. The van der Waals surface area contributed by atoms with E-state index in [0.29, 0.717) is 0 Å². The first kappa shape index (κ1) is 15.2. The molecule has 1 aliphatic rings. The standard InChI is InChI=1S/C15H21NO3S/c1-15(2,3)19-14(18)16-12(9-17)10-20-13(16)11-7-5-4-6-8-11/h4-8,12-13,17H,9-10H2,1-3H3. The summed E-state index contributed by atoms with van der Waals surface area (Å²) in [5, 5.41) is 9.39. The third-order valence-corrected chi connectivity index (χ3v) is 4.38. The van der Waals surface area contributed by atoms with Gasteiger partial charge in [-0.15, -0.1) is 11.8 Å². The Labute approximate surface area is 124 Å². The van der Waals surface area contributed by atoms with E-state index >= 15 is 0 Å². The summed E-state index contributed by atoms with van der Waals surface area (Å²) >= 11 is 1.66. The zero-order chi connectivity index (χ0) is 14.8. The van der Waals surface area contributed by atoms with E-state index in [1.54, 1.807) is 16.7 Å². The SMILES string of the molecule is CC(C)(C)OC(=O)N1C(CO)CSC1c1ccccc1. The van der Waals surface area contributed by atoms with Crippen LogP contribution in [0.3, 0.4) is 0 Å². The van der Waals surface area contributed by atoms with Crippen molar-refractivity contribution in [2.75, 3.05) is 12.4 Å². The van der Waals surface area contributed by atoms with Gasteiger partial charge in [0.05, 0.1) is 12.6 Å². The largest absolute Gasteiger partial charge is 0.444 e. The molecule has 2 rings (SSSR count). The van der Waals surface area contributed by atoms with Crippen LogP contribution < -0.4 is 0 Å². The van der Waals surface area contributed by atoms with Gasteiger partial charge in [0.25, 0.3) is 0 Å². The normalized spacial score (nSPS) is 22.9. The second-order valence-corrected chi connectivity index (χ2v) is 6.93. The summed E-state index contributed by atoms with van der Waals surface area (Å²) in [6, 6.07) is 9.65. The van der Waals surface area contributed by atoms with Crippen LogP contribution in [-0.2, 0) is 4.74 Å². The van der Waals surface area contributed by atoms with Crippen LogP contribution in [0.5, 0.6) is 0 Å². The number of amides is 1. The van der Waals surface area contributed by atoms with E-state index in [4.69, 9.17) is 4.74 Å². The van der Waals surface area contributed by atoms with Gasteiger partial charge in [-0.3, -0.25) is 4.90 Å². The van der Waals surface area contributed by atoms with Crippen LogP contribution in [0.4, 0.5) is 4.79 Å². The Hall–Kier alpha value is -1.20. The number of hydrogen-bond donors (Lipinski definition) is 1. The number of aliphatic hydroxyl groups excluding tert-OH is 1. The monoisotopic (exact) mass is 295 g/mol. The molecule has 1 saturated heterocycles. The van der Waals surface area contributed by atoms with E-state index in [-0.39, 0.29) is 24.1 Å². The molecule has 5 heteroatoms. The maximum Gasteiger partial charge on any atom is 0.411 e. The highest BCUT2D eigenvalue weighted by Crippen LogP contribution is 2.41. The molecule has 0 spiro atoms. The lowest BCUT2D eigenvalue weighted by atomic mass is 10.2. The van der Waals surface area contributed by atoms with E-state index < -0.39 is 5.60 Å². The Balaban J connectivity index is 2.22. The van der Waals surface area contributed by atoms with Crippen molar-refractivity contribution in [2.45, 2.75) is 37.8 Å². The summed E-state index contributed by atoms with van der Waals surface area (Å²) in [5.41, 5.74) is 0.519. The molecular formula is C15H21NO3S. The number of nitrogens with zero attached hydrogens (tertiary/aromatic N) is 1. The maximum absolute atomic E-state index is 12.4. The number of ether oxygens (including phenoxy) is 1. The molecule has 1 N–H and O–H groups in total. The molecular weight excluding hydrogens is 274 g/mol. The maximum atomic E-state index is 12.4. The van der Waals surface area contributed by atoms with Gasteiger partial charge in [0.15, 0.2) is 0 Å². The van der Waals surface area contributed by atoms with Crippen LogP contribution in [0.2, 0.25) is 0 Å². The molecule has 0 radical (unpaired) electrons. The number of aliphatic hydroxyl groups is 1. The Morgan fingerprint density at radius 3 is 2.60 bits per heavy atom. The van der Waals surface area contributed by atoms with Gasteiger partial charge >= 0.3 is 6.09 Å². The second-order valence-electron chi connectivity index (χ2n) is 5.82. The van der Waals surface area contributed by atoms with Crippen LogP contribution in [0.1, 0.15) is 31.7 Å². The predicted octanol–water partition coefficient (Wildman–Crippen LogP) is 3.03. The van der Waals surface area contributed by atoms with Crippen LogP contribution >= 0.6 is 11.8 Å². The van der Waals surface area contributed by atoms with Crippen molar-refractivity contribution in [3.05, 3.63) is 35.9 Å². The van der Waals surface area contributed by atoms with Crippen molar-refractivity contribution >= 4 is 17.9 Å². The van der Waals surface area contributed by atoms with Crippen LogP contribution in [0.25, 0.3) is 0 Å². The highest BCUT2D eigenvalue weighted by Gasteiger charge is 2.40. The molecule has 0 aromatic heterocycles. The Morgan fingerprint density at radius 1 is 1.40 bits per heavy atom. The average molecular weight is 295 g/mol. The van der Waals surface area contributed by atoms with E-state index in [1.165, 1.54) is 0 Å². The number of carbonyl (C=O) groups is 1. The van der Waals surface area contributed by atoms with E-state index in [9.17, 15) is 9.90 Å². The van der Waals surface area contributed by atoms with Gasteiger partial charge < -0.3 is 9.84 Å². The topological polar surface area (TPSA) is 49.8 Å². The molecule has 0 aliphatic carbocycles. The zero-order valence-corrected chi connectivity index (χ0v) is 12.9. The Morgan fingerprint density at radius 2 is 2.05 bits per heavy atom. The van der Waals surface area contributed by atoms with Gasteiger partial charge in [-0.25, -0.2) is 4.79 Å². The van der Waals surface area contributed by atoms with Gasteiger partial charge in [0.1, 0.15) is 11.0 Å². The van der Waals surface area contributed by atoms with E-state index in [0.717, 1.165) is 11.3 Å². The number of hydrogen-bond acceptors (Lipinski definition) is 4. The quantitative estimate of drug-likeness (QED) is 0.911. The fourth-order valence-electron chi connectivity index (χ4n) is 2.13. The van der Waals surface area contributed by atoms with Crippen molar-refractivity contribution < 1.29 is 14.6 Å². The molecule has 0 bridgehead atoms. The first-order chi connectivity index (χ1) is 9.42. The van der Waals surface area contributed by atoms with Crippen LogP contribution in [0, 0.1) is 0 Å². The zero-order valence-electron chi connectivity index (χ0n) is 12.1. The van der Waals surface area contributed by atoms with Gasteiger partial charge in [0.2, 0.25) is 0 Å². The molecule has 20 heavy (non-hydrogen) atoms. The summed E-state index contributed by atoms with van der Waals surface area (Å²) in [6.45, 7) is 5.49. The minimum Gasteiger partial charge on any atom is -0.444 e. The van der Waals surface area contributed by atoms with Gasteiger partial charge in [0, 0.05) is 5.75 Å². The average Bonchev–Trinajstić information content (AvgIpc) is 2.81. The third-order valence-electron chi connectivity index (χ3n) is 2.99. The van der Waals surface area contributed by atoms with E-state index in [1.807, 2.05) is 51.1 Å². The highest BCUT2D eigenvalue weighted by molar-refractivity contribution is 7.99. The molecule has 1 aliphatic heterocycles. The minimum absolute atomic E-state index is 0.0461. The number of thioether (sulfide) groups is 1. The van der Waals surface area contributed by atoms with Crippen LogP contribution in [-0.4, -0.2) is 40.1 Å². The molecule has 2 unspecified atom stereocenters. The second kappa shape index (κ2) is 6.06. The van der Waals surface area contributed by atoms with Gasteiger partial charge in [-0.05, 0) is 26.3 Å². The number of carbonyl (C=O) groups excluding carboxylic acids is 1. The summed E-state index contributed by atoms with van der Waals surface area (Å²) < 4.78 is 5.47. The number of benzene rings is 1. The summed E-state index contributed by atoms with van der Waals surface area (Å²) in [6.07, 6.45) is -0.365. The van der Waals surface area contributed by atoms with Crippen LogP contribution in [0.15, 0.2) is 30.3 Å². The fourth-order valence-corrected chi connectivity index (χ4v) is 3.57. The van der Waals surface area contributed by atoms with Gasteiger partial charge in [-0.1, -0.05) is 30.3 Å². The van der Waals surface area contributed by atoms with Crippen molar-refractivity contribution in [1.29, 1.82) is 0 Å². The van der Waals surface area contributed by atoms with Crippen molar-refractivity contribution in [3.8, 4) is 0 Å². The van der Waals surface area contributed by atoms with E-state index in [2.05, 4.69) is 0 Å². The molecule has 110 valence electrons. The summed E-state index contributed by atoms with van der Waals surface area (Å²) in [4.78, 5) is 14.1. The molecule has 1 amide bonds. The van der Waals surface area contributed by atoms with Crippen molar-refractivity contribution in [2.24, 2.45) is 0 Å². The first-order valence-electron chi connectivity index (χ1n) is 6.71. The molecule has 2 atom stereocenters. The van der Waals surface area contributed by atoms with Crippen molar-refractivity contribution in [1.82, 2.24) is 4.90 Å². The first-order valence-corrected chi connectivity index (χ1v) is 7.76. The Kier molecular flexibility index (Phi) is 4.60. The summed E-state index contributed by atoms with van der Waals surface area (Å²) in [5.74, 6) is 0.718. The smallest absolute Gasteiger partial charge is 0.411 e. The third kappa shape index (κ3) is 3.46. The minimum atomic E-state index is -0.536. The fraction of sp³-hybridized carbons (Fsp3) is 0.533. The molecule has 1 aromatic rings. The van der Waals surface area contributed by atoms with Gasteiger partial charge in [-0.2, -0.15) is 0 Å². The Bertz CT molecular complexity index is 458. The molecule has 1 fully saturated rings.